The average molecular weight is 884 g/mol. The van der Waals surface area contributed by atoms with E-state index in [1.54, 1.807) is 0 Å². The summed E-state index contributed by atoms with van der Waals surface area (Å²) < 4.78 is 303. The minimum atomic E-state index is -2.53. The zero-order valence-corrected chi connectivity index (χ0v) is 34.1. The molecule has 0 amide bonds. The molecule has 0 fully saturated rings. The molecular weight excluding hydrogens is 811 g/mol. The Labute approximate surface area is 434 Å². The molecule has 0 saturated heterocycles. The van der Waals surface area contributed by atoms with Crippen LogP contribution >= 0.6 is 0 Å². The maximum atomic E-state index is 10.9. The molecular formula is C65H41NO. The second kappa shape index (κ2) is 14.7. The molecule has 14 rings (SSSR count). The smallest absolute Gasteiger partial charge is 0.159 e. The third-order valence-electron chi connectivity index (χ3n) is 12.1. The Morgan fingerprint density at radius 1 is 0.373 bits per heavy atom. The van der Waals surface area contributed by atoms with Crippen LogP contribution in [0.25, 0.3) is 88.3 Å². The Hall–Kier alpha value is -8.72. The lowest BCUT2D eigenvalue weighted by atomic mass is 9.70. The maximum Gasteiger partial charge on any atom is 0.159 e. The predicted molar refractivity (Wildman–Crippen MR) is 279 cm³/mol. The van der Waals surface area contributed by atoms with Crippen molar-refractivity contribution < 1.29 is 48.3 Å². The van der Waals surface area contributed by atoms with Gasteiger partial charge in [-0.05, 0) is 125 Å². The average Bonchev–Trinajstić information content (AvgIpc) is 1.48. The van der Waals surface area contributed by atoms with E-state index < -0.39 is 266 Å². The number of hydrogen-bond donors (Lipinski definition) is 0. The number of furan rings is 1. The minimum absolute atomic E-state index is 0.180. The van der Waals surface area contributed by atoms with Crippen LogP contribution in [0.3, 0.4) is 0 Å². The van der Waals surface area contributed by atoms with Crippen LogP contribution in [0.4, 0.5) is 17.1 Å². The highest BCUT2D eigenvalue weighted by Crippen LogP contribution is 2.63. The quantitative estimate of drug-likeness (QED) is 0.165. The summed E-state index contributed by atoms with van der Waals surface area (Å²) in [5.74, 6) is 0. The van der Waals surface area contributed by atoms with Gasteiger partial charge in [-0.1, -0.05) is 212 Å². The van der Waals surface area contributed by atoms with Gasteiger partial charge >= 0.3 is 0 Å². The van der Waals surface area contributed by atoms with Gasteiger partial charge in [-0.15, -0.1) is 0 Å². The van der Waals surface area contributed by atoms with Crippen LogP contribution in [0.1, 0.15) is 66.1 Å². The Balaban J connectivity index is 1.14. The summed E-state index contributed by atoms with van der Waals surface area (Å²) in [4.78, 5) is 0.807. The SMILES string of the molecule is [2H]c1cc2c(c([2H])c1[2H])C1(c3c(cc([2H])c(N(c4c([2H])c([2H])c(-c5c([2H])c([2H])c6c([2H])c([2H])c([2H])cc6c5-c5cc([2H])c(-c6c([2H])c([2H])c([2H])c([2H])c6[2H])c([2H])c5)c([2H])c4[2H])c4ccc([2H])c5c4oc4c([2H])c([2H])c([2H])c([2H])c45)c3[2H])-c3c([2H])cc([2H])c([2H])c31)c1c([2H])cc([2H])c([2H])c1-2. The van der Waals surface area contributed by atoms with Crippen molar-refractivity contribution in [1.82, 2.24) is 0 Å². The summed E-state index contributed by atoms with van der Waals surface area (Å²) >= 11 is 0. The number of benzene rings is 11. The lowest BCUT2D eigenvalue weighted by molar-refractivity contribution is 0.669. The third-order valence-corrected chi connectivity index (χ3v) is 12.1. The molecule has 11 aromatic carbocycles. The first-order chi connectivity index (χ1) is 46.5. The van der Waals surface area contributed by atoms with Crippen LogP contribution in [0.5, 0.6) is 0 Å². The molecule has 67 heavy (non-hydrogen) atoms. The van der Waals surface area contributed by atoms with Crippen LogP contribution in [0.15, 0.2) is 252 Å². The third kappa shape index (κ3) is 5.51. The molecule has 12 aromatic rings. The molecule has 1 unspecified atom stereocenters. The Morgan fingerprint density at radius 3 is 2.00 bits per heavy atom. The highest BCUT2D eigenvalue weighted by molar-refractivity contribution is 6.11. The van der Waals surface area contributed by atoms with Crippen molar-refractivity contribution in [3.63, 3.8) is 0 Å². The van der Waals surface area contributed by atoms with Gasteiger partial charge in [0.05, 0.1) is 55.0 Å². The van der Waals surface area contributed by atoms with Crippen molar-refractivity contribution >= 4 is 49.8 Å². The molecule has 1 heterocycles. The summed E-state index contributed by atoms with van der Waals surface area (Å²) in [6, 6.07) is -14.9. The van der Waals surface area contributed by atoms with Gasteiger partial charge in [-0.3, -0.25) is 0 Å². The van der Waals surface area contributed by atoms with E-state index in [0.717, 1.165) is 59.5 Å². The van der Waals surface area contributed by atoms with Gasteiger partial charge in [0, 0.05) is 22.1 Å². The molecule has 1 aromatic heterocycles. The number of para-hydroxylation sites is 2. The molecule has 0 saturated carbocycles. The molecule has 2 aliphatic rings. The Bertz CT molecular complexity index is 5780. The number of fused-ring (bicyclic) bond motifs is 14. The van der Waals surface area contributed by atoms with Crippen LogP contribution in [0.2, 0.25) is 0 Å². The molecule has 0 radical (unpaired) electrons. The lowest BCUT2D eigenvalue weighted by Gasteiger charge is -2.32. The van der Waals surface area contributed by atoms with Crippen molar-refractivity contribution in [2.75, 3.05) is 4.90 Å². The molecule has 1 spiro atoms. The van der Waals surface area contributed by atoms with Gasteiger partial charge in [-0.25, -0.2) is 0 Å². The van der Waals surface area contributed by atoms with Crippen molar-refractivity contribution in [3.8, 4) is 55.6 Å². The fourth-order valence-electron chi connectivity index (χ4n) is 9.32. The number of anilines is 3. The molecule has 0 aliphatic heterocycles. The fraction of sp³-hybridized carbons (Fsp3) is 0.0154. The van der Waals surface area contributed by atoms with E-state index in [9.17, 15) is 21.9 Å². The number of hydrogen-bond acceptors (Lipinski definition) is 2. The monoisotopic (exact) mass is 884 g/mol. The molecule has 2 nitrogen and oxygen atoms in total. The maximum absolute atomic E-state index is 10.9. The molecule has 0 bridgehead atoms. The van der Waals surface area contributed by atoms with Crippen LogP contribution in [-0.4, -0.2) is 0 Å². The normalized spacial score (nSPS) is 21.0. The standard InChI is InChI=1S/C65H41NO/c1-2-15-42(16-3-1)43-29-31-46(32-30-43)63-49-18-5-4-17-44(49)35-39-50(63)45-33-36-47(37-34-45)66(61-27-14-23-56-55-22-9-13-28-62(55)67-64(56)61)48-38-40-54-53-21-8-12-26-59(53)65(60(54)41-48)57-24-10-6-19-51(57)52-20-7-11-25-58(52)65/h1-41H/i1D,2D,3D,4D,5D,6D,7D,9D,10D,12D,13D,15D,16D,17D,20D,21D,22D,23D,24D,25D,26D,28D,29D,30D,33D,34D,35D,36D,37D,38D,39D,41D. The fourth-order valence-corrected chi connectivity index (χ4v) is 9.32. The van der Waals surface area contributed by atoms with E-state index in [-0.39, 0.29) is 60.7 Å². The van der Waals surface area contributed by atoms with Crippen molar-refractivity contribution in [2.45, 2.75) is 5.41 Å². The van der Waals surface area contributed by atoms with Crippen molar-refractivity contribution in [1.29, 1.82) is 0 Å². The van der Waals surface area contributed by atoms with E-state index in [0.29, 0.717) is 0 Å². The topological polar surface area (TPSA) is 16.4 Å². The van der Waals surface area contributed by atoms with Crippen LogP contribution in [0, 0.1) is 0 Å². The second-order valence-corrected chi connectivity index (χ2v) is 15.4. The van der Waals surface area contributed by atoms with Gasteiger partial charge in [0.15, 0.2) is 5.58 Å². The predicted octanol–water partition coefficient (Wildman–Crippen LogP) is 17.6. The summed E-state index contributed by atoms with van der Waals surface area (Å²) in [6.45, 7) is 0. The summed E-state index contributed by atoms with van der Waals surface area (Å²) in [5, 5.41) is -1.50. The van der Waals surface area contributed by atoms with Gasteiger partial charge in [0.1, 0.15) is 5.58 Å². The molecule has 0 N–H and O–H groups in total. The summed E-state index contributed by atoms with van der Waals surface area (Å²) in [5.41, 5.74) is -11.4. The van der Waals surface area contributed by atoms with Gasteiger partial charge in [-0.2, -0.15) is 0 Å². The van der Waals surface area contributed by atoms with Crippen LogP contribution in [-0.2, 0) is 5.41 Å². The Morgan fingerprint density at radius 2 is 1.09 bits per heavy atom. The van der Waals surface area contributed by atoms with Gasteiger partial charge < -0.3 is 9.32 Å². The van der Waals surface area contributed by atoms with E-state index in [1.165, 1.54) is 0 Å². The van der Waals surface area contributed by atoms with E-state index in [2.05, 4.69) is 0 Å². The molecule has 312 valence electrons. The molecule has 1 atom stereocenters. The van der Waals surface area contributed by atoms with E-state index in [4.69, 9.17) is 26.3 Å². The van der Waals surface area contributed by atoms with Crippen molar-refractivity contribution in [3.05, 3.63) is 270 Å². The summed E-state index contributed by atoms with van der Waals surface area (Å²) in [7, 11) is 0. The van der Waals surface area contributed by atoms with Gasteiger partial charge in [0.25, 0.3) is 0 Å². The first kappa shape index (κ1) is 17.9. The lowest BCUT2D eigenvalue weighted by Crippen LogP contribution is -2.26. The zero-order chi connectivity index (χ0) is 71.9. The zero-order valence-electron chi connectivity index (χ0n) is 66.1. The molecule has 2 aliphatic carbocycles. The first-order valence-electron chi connectivity index (χ1n) is 36.5. The van der Waals surface area contributed by atoms with Crippen molar-refractivity contribution in [2.24, 2.45) is 0 Å². The van der Waals surface area contributed by atoms with Gasteiger partial charge in [0.2, 0.25) is 0 Å². The largest absolute Gasteiger partial charge is 0.454 e. The summed E-state index contributed by atoms with van der Waals surface area (Å²) in [6.07, 6.45) is 0. The first-order valence-corrected chi connectivity index (χ1v) is 20.5. The van der Waals surface area contributed by atoms with E-state index in [1.807, 2.05) is 0 Å². The Kier molecular flexibility index (Phi) is 3.92. The second-order valence-electron chi connectivity index (χ2n) is 15.4. The molecule has 2 heteroatoms. The number of rotatable bonds is 6. The highest BCUT2D eigenvalue weighted by Gasteiger charge is 2.51. The van der Waals surface area contributed by atoms with Crippen LogP contribution < -0.4 is 4.90 Å². The van der Waals surface area contributed by atoms with E-state index >= 15 is 0 Å². The minimum Gasteiger partial charge on any atom is -0.454 e. The highest BCUT2D eigenvalue weighted by atomic mass is 16.3. The number of nitrogens with zero attached hydrogens (tertiary/aromatic N) is 1.